The van der Waals surface area contributed by atoms with Crippen LogP contribution in [-0.2, 0) is 11.2 Å². The molecule has 6 nitrogen and oxygen atoms in total. The van der Waals surface area contributed by atoms with E-state index in [-0.39, 0.29) is 11.8 Å². The summed E-state index contributed by atoms with van der Waals surface area (Å²) in [5, 5.41) is 5.52. The van der Waals surface area contributed by atoms with Crippen LogP contribution in [0.1, 0.15) is 30.0 Å². The van der Waals surface area contributed by atoms with Crippen LogP contribution in [0.3, 0.4) is 0 Å². The Hall–Kier alpha value is -3.15. The molecule has 2 aromatic carbocycles. The molecule has 1 aromatic heterocycles. The number of hydrogen-bond donors (Lipinski definition) is 3. The van der Waals surface area contributed by atoms with Crippen molar-refractivity contribution in [2.45, 2.75) is 20.3 Å². The molecule has 2 amide bonds. The molecular formula is C18H18N4O2. The van der Waals surface area contributed by atoms with E-state index in [1.807, 2.05) is 13.0 Å². The summed E-state index contributed by atoms with van der Waals surface area (Å²) in [5.74, 6) is 0.519. The molecule has 3 N–H and O–H groups in total. The van der Waals surface area contributed by atoms with Crippen molar-refractivity contribution < 1.29 is 9.59 Å². The predicted molar refractivity (Wildman–Crippen MR) is 94.2 cm³/mol. The number of aromatic nitrogens is 2. The lowest BCUT2D eigenvalue weighted by atomic mass is 10.2. The third kappa shape index (κ3) is 3.43. The first-order valence-corrected chi connectivity index (χ1v) is 7.73. The summed E-state index contributed by atoms with van der Waals surface area (Å²) in [5.41, 5.74) is 3.48. The first-order valence-electron chi connectivity index (χ1n) is 7.73. The SMILES string of the molecule is CCc1nc2ccc(C(=O)Nc3cccc(NC(C)=O)c3)cc2[nH]1. The van der Waals surface area contributed by atoms with Crippen LogP contribution in [0.4, 0.5) is 11.4 Å². The Morgan fingerprint density at radius 2 is 1.83 bits per heavy atom. The Labute approximate surface area is 139 Å². The van der Waals surface area contributed by atoms with Crippen molar-refractivity contribution in [3.8, 4) is 0 Å². The zero-order valence-electron chi connectivity index (χ0n) is 13.5. The van der Waals surface area contributed by atoms with E-state index >= 15 is 0 Å². The molecule has 0 spiro atoms. The van der Waals surface area contributed by atoms with Gasteiger partial charge in [-0.1, -0.05) is 13.0 Å². The van der Waals surface area contributed by atoms with Crippen molar-refractivity contribution in [3.05, 3.63) is 53.9 Å². The monoisotopic (exact) mass is 322 g/mol. The predicted octanol–water partition coefficient (Wildman–Crippen LogP) is 3.34. The lowest BCUT2D eigenvalue weighted by Gasteiger charge is -2.08. The number of carbonyl (C=O) groups is 2. The molecule has 0 aliphatic carbocycles. The Bertz CT molecular complexity index is 914. The highest BCUT2D eigenvalue weighted by Gasteiger charge is 2.09. The molecule has 1 heterocycles. The molecule has 0 atom stereocenters. The summed E-state index contributed by atoms with van der Waals surface area (Å²) < 4.78 is 0. The van der Waals surface area contributed by atoms with Gasteiger partial charge in [-0.3, -0.25) is 9.59 Å². The second-order valence-corrected chi connectivity index (χ2v) is 5.49. The molecule has 0 fully saturated rings. The average Bonchev–Trinajstić information content (AvgIpc) is 2.96. The first kappa shape index (κ1) is 15.7. The topological polar surface area (TPSA) is 86.9 Å². The molecule has 0 bridgehead atoms. The summed E-state index contributed by atoms with van der Waals surface area (Å²) in [6, 6.07) is 12.4. The van der Waals surface area contributed by atoms with Crippen LogP contribution < -0.4 is 10.6 Å². The zero-order valence-corrected chi connectivity index (χ0v) is 13.5. The number of carbonyl (C=O) groups excluding carboxylic acids is 2. The molecule has 0 unspecified atom stereocenters. The standard InChI is InChI=1S/C18H18N4O2/c1-3-17-21-15-8-7-12(9-16(15)22-17)18(24)20-14-6-4-5-13(10-14)19-11(2)23/h4-10H,3H2,1-2H3,(H,19,23)(H,20,24)(H,21,22). The molecule has 0 radical (unpaired) electrons. The number of H-pyrrole nitrogens is 1. The van der Waals surface area contributed by atoms with Gasteiger partial charge in [0.25, 0.3) is 5.91 Å². The van der Waals surface area contributed by atoms with Crippen molar-refractivity contribution in [1.29, 1.82) is 0 Å². The van der Waals surface area contributed by atoms with E-state index in [1.54, 1.807) is 36.4 Å². The second-order valence-electron chi connectivity index (χ2n) is 5.49. The van der Waals surface area contributed by atoms with E-state index in [2.05, 4.69) is 20.6 Å². The second kappa shape index (κ2) is 6.54. The molecular weight excluding hydrogens is 304 g/mol. The van der Waals surface area contributed by atoms with Gasteiger partial charge in [0.05, 0.1) is 11.0 Å². The molecule has 0 aliphatic rings. The van der Waals surface area contributed by atoms with Gasteiger partial charge < -0.3 is 15.6 Å². The third-order valence-corrected chi connectivity index (χ3v) is 3.57. The summed E-state index contributed by atoms with van der Waals surface area (Å²) >= 11 is 0. The summed E-state index contributed by atoms with van der Waals surface area (Å²) in [4.78, 5) is 31.2. The van der Waals surface area contributed by atoms with E-state index < -0.39 is 0 Å². The van der Waals surface area contributed by atoms with Crippen LogP contribution in [0, 0.1) is 0 Å². The number of nitrogens with one attached hydrogen (secondary N) is 3. The van der Waals surface area contributed by atoms with Gasteiger partial charge >= 0.3 is 0 Å². The van der Waals surface area contributed by atoms with Crippen molar-refractivity contribution in [3.63, 3.8) is 0 Å². The molecule has 0 saturated heterocycles. The highest BCUT2D eigenvalue weighted by molar-refractivity contribution is 6.06. The number of amides is 2. The highest BCUT2D eigenvalue weighted by Crippen LogP contribution is 2.18. The first-order chi connectivity index (χ1) is 11.5. The summed E-state index contributed by atoms with van der Waals surface area (Å²) in [6.07, 6.45) is 0.812. The smallest absolute Gasteiger partial charge is 0.255 e. The normalized spacial score (nSPS) is 10.6. The zero-order chi connectivity index (χ0) is 17.1. The van der Waals surface area contributed by atoms with Crippen LogP contribution in [0.25, 0.3) is 11.0 Å². The molecule has 24 heavy (non-hydrogen) atoms. The lowest BCUT2D eigenvalue weighted by molar-refractivity contribution is -0.114. The number of benzene rings is 2. The number of fused-ring (bicyclic) bond motifs is 1. The number of anilines is 2. The molecule has 122 valence electrons. The average molecular weight is 322 g/mol. The maximum atomic E-state index is 12.4. The fourth-order valence-corrected chi connectivity index (χ4v) is 2.45. The van der Waals surface area contributed by atoms with Gasteiger partial charge in [-0.05, 0) is 36.4 Å². The van der Waals surface area contributed by atoms with Crippen LogP contribution in [0.5, 0.6) is 0 Å². The molecule has 3 rings (SSSR count). The number of aromatic amines is 1. The van der Waals surface area contributed by atoms with Gasteiger partial charge in [0.15, 0.2) is 0 Å². The fraction of sp³-hybridized carbons (Fsp3) is 0.167. The molecule has 0 aliphatic heterocycles. The van der Waals surface area contributed by atoms with Gasteiger partial charge in [-0.15, -0.1) is 0 Å². The van der Waals surface area contributed by atoms with Gasteiger partial charge in [-0.25, -0.2) is 4.98 Å². The number of rotatable bonds is 4. The maximum Gasteiger partial charge on any atom is 0.255 e. The number of nitrogens with zero attached hydrogens (tertiary/aromatic N) is 1. The Kier molecular flexibility index (Phi) is 4.29. The lowest BCUT2D eigenvalue weighted by Crippen LogP contribution is -2.12. The van der Waals surface area contributed by atoms with Crippen molar-refractivity contribution >= 4 is 34.2 Å². The van der Waals surface area contributed by atoms with Gasteiger partial charge in [0, 0.05) is 30.3 Å². The van der Waals surface area contributed by atoms with Crippen molar-refractivity contribution in [2.24, 2.45) is 0 Å². The van der Waals surface area contributed by atoms with E-state index in [1.165, 1.54) is 6.92 Å². The Morgan fingerprint density at radius 3 is 2.54 bits per heavy atom. The van der Waals surface area contributed by atoms with Crippen molar-refractivity contribution in [1.82, 2.24) is 9.97 Å². The van der Waals surface area contributed by atoms with Crippen LogP contribution in [-0.4, -0.2) is 21.8 Å². The number of hydrogen-bond acceptors (Lipinski definition) is 3. The third-order valence-electron chi connectivity index (χ3n) is 3.57. The fourth-order valence-electron chi connectivity index (χ4n) is 2.45. The molecule has 0 saturated carbocycles. The largest absolute Gasteiger partial charge is 0.342 e. The van der Waals surface area contributed by atoms with Gasteiger partial charge in [-0.2, -0.15) is 0 Å². The van der Waals surface area contributed by atoms with Crippen LogP contribution in [0.15, 0.2) is 42.5 Å². The summed E-state index contributed by atoms with van der Waals surface area (Å²) in [7, 11) is 0. The van der Waals surface area contributed by atoms with E-state index in [4.69, 9.17) is 0 Å². The highest BCUT2D eigenvalue weighted by atomic mass is 16.2. The quantitative estimate of drug-likeness (QED) is 0.688. The molecule has 6 heteroatoms. The Balaban J connectivity index is 1.80. The molecule has 3 aromatic rings. The minimum Gasteiger partial charge on any atom is -0.342 e. The van der Waals surface area contributed by atoms with Crippen molar-refractivity contribution in [2.75, 3.05) is 10.6 Å². The maximum absolute atomic E-state index is 12.4. The number of imidazole rings is 1. The Morgan fingerprint density at radius 1 is 1.08 bits per heavy atom. The minimum absolute atomic E-state index is 0.157. The van der Waals surface area contributed by atoms with Gasteiger partial charge in [0.1, 0.15) is 5.82 Å². The summed E-state index contributed by atoms with van der Waals surface area (Å²) in [6.45, 7) is 3.46. The van der Waals surface area contributed by atoms with E-state index in [0.29, 0.717) is 16.9 Å². The van der Waals surface area contributed by atoms with Gasteiger partial charge in [0.2, 0.25) is 5.91 Å². The minimum atomic E-state index is -0.218. The van der Waals surface area contributed by atoms with Crippen LogP contribution >= 0.6 is 0 Å². The number of aryl methyl sites for hydroxylation is 1. The van der Waals surface area contributed by atoms with E-state index in [0.717, 1.165) is 23.3 Å². The van der Waals surface area contributed by atoms with E-state index in [9.17, 15) is 9.59 Å². The van der Waals surface area contributed by atoms with Crippen LogP contribution in [0.2, 0.25) is 0 Å².